The van der Waals surface area contributed by atoms with E-state index in [1.807, 2.05) is 0 Å². The van der Waals surface area contributed by atoms with Crippen molar-refractivity contribution in [2.75, 3.05) is 19.7 Å². The van der Waals surface area contributed by atoms with Crippen LogP contribution in [-0.4, -0.2) is 25.8 Å². The molecule has 0 atom stereocenters. The maximum absolute atomic E-state index is 5.49. The molecule has 0 aromatic carbocycles. The van der Waals surface area contributed by atoms with Crippen LogP contribution in [0.3, 0.4) is 0 Å². The van der Waals surface area contributed by atoms with E-state index in [2.05, 4.69) is 25.2 Å². The van der Waals surface area contributed by atoms with Gasteiger partial charge in [0.1, 0.15) is 0 Å². The summed E-state index contributed by atoms with van der Waals surface area (Å²) < 4.78 is 5.49. The molecule has 0 fully saturated rings. The van der Waals surface area contributed by atoms with Crippen molar-refractivity contribution in [3.63, 3.8) is 0 Å². The lowest BCUT2D eigenvalue weighted by Crippen LogP contribution is -2.22. The lowest BCUT2D eigenvalue weighted by Gasteiger charge is -2.15. The van der Waals surface area contributed by atoms with Gasteiger partial charge in [-0.1, -0.05) is 6.08 Å². The van der Waals surface area contributed by atoms with E-state index >= 15 is 0 Å². The normalized spacial score (nSPS) is 18.6. The van der Waals surface area contributed by atoms with Crippen molar-refractivity contribution in [1.82, 2.24) is 5.32 Å². The Morgan fingerprint density at radius 3 is 3.00 bits per heavy atom. The third-order valence-electron chi connectivity index (χ3n) is 1.76. The molecular formula is C9H17NO. The molecule has 1 aliphatic rings. The van der Waals surface area contributed by atoms with Gasteiger partial charge in [0, 0.05) is 6.54 Å². The molecule has 0 bridgehead atoms. The highest BCUT2D eigenvalue weighted by molar-refractivity contribution is 5.06. The number of hydrogen-bond acceptors (Lipinski definition) is 2. The predicted octanol–water partition coefficient (Wildman–Crippen LogP) is 1.33. The molecule has 2 nitrogen and oxygen atoms in total. The number of hydrogen-bond donors (Lipinski definition) is 1. The first-order valence-corrected chi connectivity index (χ1v) is 4.29. The van der Waals surface area contributed by atoms with Gasteiger partial charge in [0.2, 0.25) is 0 Å². The first-order valence-electron chi connectivity index (χ1n) is 4.29. The minimum absolute atomic E-state index is 0.353. The van der Waals surface area contributed by atoms with Gasteiger partial charge in [-0.05, 0) is 32.4 Å². The molecule has 1 rings (SSSR count). The topological polar surface area (TPSA) is 21.3 Å². The summed E-state index contributed by atoms with van der Waals surface area (Å²) in [5.74, 6) is 0. The second-order valence-electron chi connectivity index (χ2n) is 3.18. The van der Waals surface area contributed by atoms with Crippen LogP contribution in [-0.2, 0) is 4.74 Å². The summed E-state index contributed by atoms with van der Waals surface area (Å²) in [6.45, 7) is 7.08. The van der Waals surface area contributed by atoms with Crippen LogP contribution in [0.25, 0.3) is 0 Å². The van der Waals surface area contributed by atoms with Gasteiger partial charge in [-0.15, -0.1) is 0 Å². The largest absolute Gasteiger partial charge is 0.374 e. The molecular weight excluding hydrogens is 138 g/mol. The Hall–Kier alpha value is -0.340. The van der Waals surface area contributed by atoms with Crippen molar-refractivity contribution < 1.29 is 4.74 Å². The van der Waals surface area contributed by atoms with Crippen molar-refractivity contribution in [3.05, 3.63) is 11.6 Å². The summed E-state index contributed by atoms with van der Waals surface area (Å²) in [5, 5.41) is 3.27. The fraction of sp³-hybridized carbons (Fsp3) is 0.778. The molecule has 0 aromatic rings. The first kappa shape index (κ1) is 8.75. The maximum Gasteiger partial charge on any atom is 0.0681 e. The van der Waals surface area contributed by atoms with E-state index < -0.39 is 0 Å². The molecule has 2 heteroatoms. The van der Waals surface area contributed by atoms with Crippen molar-refractivity contribution in [3.8, 4) is 0 Å². The smallest absolute Gasteiger partial charge is 0.0681 e. The Kier molecular flexibility index (Phi) is 3.60. The fourth-order valence-corrected chi connectivity index (χ4v) is 1.07. The van der Waals surface area contributed by atoms with Crippen molar-refractivity contribution in [2.45, 2.75) is 26.4 Å². The lowest BCUT2D eigenvalue weighted by molar-refractivity contribution is 0.0952. The highest BCUT2D eigenvalue weighted by Gasteiger charge is 2.03. The highest BCUT2D eigenvalue weighted by atomic mass is 16.5. The van der Waals surface area contributed by atoms with E-state index in [0.717, 1.165) is 26.1 Å². The summed E-state index contributed by atoms with van der Waals surface area (Å²) in [5.41, 5.74) is 1.44. The van der Waals surface area contributed by atoms with Crippen molar-refractivity contribution in [2.24, 2.45) is 0 Å². The van der Waals surface area contributed by atoms with Crippen molar-refractivity contribution in [1.29, 1.82) is 0 Å². The minimum Gasteiger partial charge on any atom is -0.374 e. The summed E-state index contributed by atoms with van der Waals surface area (Å²) >= 11 is 0. The predicted molar refractivity (Wildman–Crippen MR) is 46.7 cm³/mol. The SMILES string of the molecule is CC(C)OCC1=CCNCC1. The van der Waals surface area contributed by atoms with E-state index in [0.29, 0.717) is 6.10 Å². The molecule has 1 heterocycles. The molecule has 0 unspecified atom stereocenters. The van der Waals surface area contributed by atoms with Crippen LogP contribution in [0.4, 0.5) is 0 Å². The van der Waals surface area contributed by atoms with E-state index in [1.165, 1.54) is 5.57 Å². The number of nitrogens with one attached hydrogen (secondary N) is 1. The number of ether oxygens (including phenoxy) is 1. The number of rotatable bonds is 3. The third-order valence-corrected chi connectivity index (χ3v) is 1.76. The van der Waals surface area contributed by atoms with Gasteiger partial charge >= 0.3 is 0 Å². The van der Waals surface area contributed by atoms with Gasteiger partial charge in [0.15, 0.2) is 0 Å². The Labute approximate surface area is 68.6 Å². The summed E-state index contributed by atoms with van der Waals surface area (Å²) in [6, 6.07) is 0. The minimum atomic E-state index is 0.353. The van der Waals surface area contributed by atoms with E-state index in [9.17, 15) is 0 Å². The Bertz CT molecular complexity index is 140. The van der Waals surface area contributed by atoms with Crippen LogP contribution in [0.15, 0.2) is 11.6 Å². The van der Waals surface area contributed by atoms with Gasteiger partial charge in [0.05, 0.1) is 12.7 Å². The Balaban J connectivity index is 2.19. The average Bonchev–Trinajstić information content (AvgIpc) is 2.03. The molecule has 0 spiro atoms. The molecule has 0 aromatic heterocycles. The zero-order valence-electron chi connectivity index (χ0n) is 7.39. The molecule has 0 amide bonds. The Morgan fingerprint density at radius 1 is 1.64 bits per heavy atom. The van der Waals surface area contributed by atoms with E-state index in [4.69, 9.17) is 4.74 Å². The zero-order valence-corrected chi connectivity index (χ0v) is 7.39. The van der Waals surface area contributed by atoms with Gasteiger partial charge in [-0.2, -0.15) is 0 Å². The third kappa shape index (κ3) is 3.54. The average molecular weight is 155 g/mol. The molecule has 0 saturated carbocycles. The van der Waals surface area contributed by atoms with Gasteiger partial charge in [-0.25, -0.2) is 0 Å². The van der Waals surface area contributed by atoms with Gasteiger partial charge in [-0.3, -0.25) is 0 Å². The van der Waals surface area contributed by atoms with E-state index in [-0.39, 0.29) is 0 Å². The molecule has 0 radical (unpaired) electrons. The summed E-state index contributed by atoms with van der Waals surface area (Å²) in [4.78, 5) is 0. The van der Waals surface area contributed by atoms with Crippen LogP contribution >= 0.6 is 0 Å². The van der Waals surface area contributed by atoms with Gasteiger partial charge < -0.3 is 10.1 Å². The first-order chi connectivity index (χ1) is 5.29. The molecule has 1 aliphatic heterocycles. The quantitative estimate of drug-likeness (QED) is 0.621. The maximum atomic E-state index is 5.49. The van der Waals surface area contributed by atoms with Crippen LogP contribution < -0.4 is 5.32 Å². The van der Waals surface area contributed by atoms with Crippen LogP contribution in [0.1, 0.15) is 20.3 Å². The van der Waals surface area contributed by atoms with Gasteiger partial charge in [0.25, 0.3) is 0 Å². The second-order valence-corrected chi connectivity index (χ2v) is 3.18. The monoisotopic (exact) mass is 155 g/mol. The molecule has 0 saturated heterocycles. The molecule has 11 heavy (non-hydrogen) atoms. The van der Waals surface area contributed by atoms with Crippen LogP contribution in [0.2, 0.25) is 0 Å². The van der Waals surface area contributed by atoms with Crippen LogP contribution in [0, 0.1) is 0 Å². The Morgan fingerprint density at radius 2 is 2.45 bits per heavy atom. The van der Waals surface area contributed by atoms with Crippen molar-refractivity contribution >= 4 is 0 Å². The van der Waals surface area contributed by atoms with E-state index in [1.54, 1.807) is 0 Å². The molecule has 1 N–H and O–H groups in total. The summed E-state index contributed by atoms with van der Waals surface area (Å²) in [6.07, 6.45) is 3.73. The fourth-order valence-electron chi connectivity index (χ4n) is 1.07. The molecule has 64 valence electrons. The molecule has 0 aliphatic carbocycles. The van der Waals surface area contributed by atoms with Crippen LogP contribution in [0.5, 0.6) is 0 Å². The second kappa shape index (κ2) is 4.52. The zero-order chi connectivity index (χ0) is 8.10. The highest BCUT2D eigenvalue weighted by Crippen LogP contribution is 2.05. The lowest BCUT2D eigenvalue weighted by atomic mass is 10.1. The standard InChI is InChI=1S/C9H17NO/c1-8(2)11-7-9-3-5-10-6-4-9/h3,8,10H,4-7H2,1-2H3. The summed E-state index contributed by atoms with van der Waals surface area (Å²) in [7, 11) is 0.